The van der Waals surface area contributed by atoms with E-state index >= 15 is 0 Å². The van der Waals surface area contributed by atoms with Gasteiger partial charge < -0.3 is 10.6 Å². The second-order valence-corrected chi connectivity index (χ2v) is 5.44. The van der Waals surface area contributed by atoms with Crippen molar-refractivity contribution in [2.45, 2.75) is 6.42 Å². The summed E-state index contributed by atoms with van der Waals surface area (Å²) >= 11 is 0. The van der Waals surface area contributed by atoms with Gasteiger partial charge in [-0.2, -0.15) is 0 Å². The summed E-state index contributed by atoms with van der Waals surface area (Å²) in [4.78, 5) is 18.5. The van der Waals surface area contributed by atoms with Gasteiger partial charge in [0.15, 0.2) is 0 Å². The van der Waals surface area contributed by atoms with Crippen LogP contribution in [-0.4, -0.2) is 35.4 Å². The maximum Gasteiger partial charge on any atom is 0.246 e. The highest BCUT2D eigenvalue weighted by atomic mass is 16.2. The number of nitrogens with zero attached hydrogens (tertiary/aromatic N) is 2. The molecule has 4 heteroatoms. The summed E-state index contributed by atoms with van der Waals surface area (Å²) in [6.07, 6.45) is 4.39. The number of pyridine rings is 1. The number of hydrogen-bond acceptors (Lipinski definition) is 3. The smallest absolute Gasteiger partial charge is 0.246 e. The number of likely N-dealkylation sites (tertiary alicyclic amines) is 1. The highest BCUT2D eigenvalue weighted by Gasteiger charge is 2.23. The van der Waals surface area contributed by atoms with E-state index in [1.54, 1.807) is 12.2 Å². The van der Waals surface area contributed by atoms with E-state index < -0.39 is 0 Å². The molecular weight excluding hydrogens is 262 g/mol. The van der Waals surface area contributed by atoms with Gasteiger partial charge in [0.1, 0.15) is 0 Å². The standard InChI is InChI=1S/C17H19N3O/c18-11-13-9-10-20(12-13)17(21)8-7-15-6-5-14-3-1-2-4-16(14)19-15/h1-8,13H,9-12,18H2. The van der Waals surface area contributed by atoms with Crippen molar-refractivity contribution in [1.29, 1.82) is 0 Å². The largest absolute Gasteiger partial charge is 0.339 e. The number of hydrogen-bond donors (Lipinski definition) is 1. The van der Waals surface area contributed by atoms with Gasteiger partial charge in [0.05, 0.1) is 11.2 Å². The Balaban J connectivity index is 1.71. The van der Waals surface area contributed by atoms with Crippen molar-refractivity contribution in [3.8, 4) is 0 Å². The Bertz CT molecular complexity index is 681. The summed E-state index contributed by atoms with van der Waals surface area (Å²) in [7, 11) is 0. The molecule has 1 fully saturated rings. The number of fused-ring (bicyclic) bond motifs is 1. The number of benzene rings is 1. The molecule has 2 N–H and O–H groups in total. The van der Waals surface area contributed by atoms with Gasteiger partial charge in [0, 0.05) is 24.6 Å². The van der Waals surface area contributed by atoms with Crippen LogP contribution in [0.4, 0.5) is 0 Å². The van der Waals surface area contributed by atoms with Crippen molar-refractivity contribution < 1.29 is 4.79 Å². The lowest BCUT2D eigenvalue weighted by Crippen LogP contribution is -2.28. The highest BCUT2D eigenvalue weighted by molar-refractivity contribution is 5.92. The molecule has 0 aliphatic carbocycles. The predicted molar refractivity (Wildman–Crippen MR) is 84.5 cm³/mol. The van der Waals surface area contributed by atoms with E-state index in [0.717, 1.165) is 36.1 Å². The number of rotatable bonds is 3. The molecule has 1 aliphatic heterocycles. The fourth-order valence-corrected chi connectivity index (χ4v) is 2.66. The minimum absolute atomic E-state index is 0.0425. The van der Waals surface area contributed by atoms with Gasteiger partial charge >= 0.3 is 0 Å². The molecule has 0 saturated carbocycles. The molecular formula is C17H19N3O. The Morgan fingerprint density at radius 2 is 2.19 bits per heavy atom. The van der Waals surface area contributed by atoms with Crippen LogP contribution < -0.4 is 5.73 Å². The maximum absolute atomic E-state index is 12.1. The number of para-hydroxylation sites is 1. The van der Waals surface area contributed by atoms with E-state index in [1.807, 2.05) is 41.3 Å². The SMILES string of the molecule is NCC1CCN(C(=O)C=Cc2ccc3ccccc3n2)C1. The van der Waals surface area contributed by atoms with E-state index in [-0.39, 0.29) is 5.91 Å². The molecule has 1 saturated heterocycles. The normalized spacial score (nSPS) is 18.7. The second-order valence-electron chi connectivity index (χ2n) is 5.44. The number of carbonyl (C=O) groups is 1. The molecule has 0 radical (unpaired) electrons. The molecule has 1 aromatic carbocycles. The molecule has 4 nitrogen and oxygen atoms in total. The predicted octanol–water partition coefficient (Wildman–Crippen LogP) is 2.06. The van der Waals surface area contributed by atoms with Gasteiger partial charge in [-0.15, -0.1) is 0 Å². The Labute approximate surface area is 124 Å². The summed E-state index contributed by atoms with van der Waals surface area (Å²) in [5.74, 6) is 0.488. The lowest BCUT2D eigenvalue weighted by Gasteiger charge is -2.13. The van der Waals surface area contributed by atoms with E-state index in [1.165, 1.54) is 0 Å². The van der Waals surface area contributed by atoms with Crippen LogP contribution in [0.5, 0.6) is 0 Å². The van der Waals surface area contributed by atoms with E-state index in [2.05, 4.69) is 4.98 Å². The van der Waals surface area contributed by atoms with E-state index in [9.17, 15) is 4.79 Å². The fraction of sp³-hybridized carbons (Fsp3) is 0.294. The zero-order valence-corrected chi connectivity index (χ0v) is 11.9. The third-order valence-electron chi connectivity index (χ3n) is 3.95. The highest BCUT2D eigenvalue weighted by Crippen LogP contribution is 2.16. The van der Waals surface area contributed by atoms with E-state index in [0.29, 0.717) is 12.5 Å². The van der Waals surface area contributed by atoms with Crippen molar-refractivity contribution >= 4 is 22.9 Å². The zero-order chi connectivity index (χ0) is 14.7. The van der Waals surface area contributed by atoms with Gasteiger partial charge in [-0.1, -0.05) is 24.3 Å². The first-order chi connectivity index (χ1) is 10.3. The van der Waals surface area contributed by atoms with Crippen LogP contribution in [0.2, 0.25) is 0 Å². The quantitative estimate of drug-likeness (QED) is 0.876. The molecule has 21 heavy (non-hydrogen) atoms. The lowest BCUT2D eigenvalue weighted by molar-refractivity contribution is -0.125. The molecule has 1 atom stereocenters. The first-order valence-electron chi connectivity index (χ1n) is 7.29. The number of aromatic nitrogens is 1. The summed E-state index contributed by atoms with van der Waals surface area (Å²) < 4.78 is 0. The van der Waals surface area contributed by atoms with Crippen molar-refractivity contribution in [3.05, 3.63) is 48.2 Å². The van der Waals surface area contributed by atoms with Crippen molar-refractivity contribution in [3.63, 3.8) is 0 Å². The molecule has 0 spiro atoms. The van der Waals surface area contributed by atoms with Gasteiger partial charge in [0.2, 0.25) is 5.91 Å². The number of amides is 1. The third kappa shape index (κ3) is 3.11. The molecule has 2 aromatic rings. The first kappa shape index (κ1) is 13.8. The number of carbonyl (C=O) groups excluding carboxylic acids is 1. The third-order valence-corrected chi connectivity index (χ3v) is 3.95. The van der Waals surface area contributed by atoms with Gasteiger partial charge in [0.25, 0.3) is 0 Å². The van der Waals surface area contributed by atoms with Crippen LogP contribution in [0.25, 0.3) is 17.0 Å². The van der Waals surface area contributed by atoms with Crippen LogP contribution in [0.15, 0.2) is 42.5 Å². The summed E-state index contributed by atoms with van der Waals surface area (Å²) in [5, 5.41) is 1.10. The number of nitrogens with two attached hydrogens (primary N) is 1. The molecule has 1 unspecified atom stereocenters. The van der Waals surface area contributed by atoms with Gasteiger partial charge in [-0.3, -0.25) is 4.79 Å². The van der Waals surface area contributed by atoms with Crippen molar-refractivity contribution in [2.75, 3.05) is 19.6 Å². The van der Waals surface area contributed by atoms with Crippen LogP contribution in [-0.2, 0) is 4.79 Å². The van der Waals surface area contributed by atoms with E-state index in [4.69, 9.17) is 5.73 Å². The van der Waals surface area contributed by atoms with Crippen molar-refractivity contribution in [2.24, 2.45) is 11.7 Å². The maximum atomic E-state index is 12.1. The second kappa shape index (κ2) is 6.06. The van der Waals surface area contributed by atoms with Crippen molar-refractivity contribution in [1.82, 2.24) is 9.88 Å². The van der Waals surface area contributed by atoms with Gasteiger partial charge in [-0.25, -0.2) is 4.98 Å². The summed E-state index contributed by atoms with van der Waals surface area (Å²) in [6.45, 7) is 2.22. The molecule has 1 aliphatic rings. The minimum Gasteiger partial charge on any atom is -0.339 e. The zero-order valence-electron chi connectivity index (χ0n) is 11.9. The Morgan fingerprint density at radius 3 is 3.00 bits per heavy atom. The van der Waals surface area contributed by atoms with Crippen LogP contribution in [0.3, 0.4) is 0 Å². The average molecular weight is 281 g/mol. The first-order valence-corrected chi connectivity index (χ1v) is 7.29. The molecule has 3 rings (SSSR count). The molecule has 1 aromatic heterocycles. The molecule has 2 heterocycles. The molecule has 0 bridgehead atoms. The average Bonchev–Trinajstić information content (AvgIpc) is 3.01. The Kier molecular flexibility index (Phi) is 3.97. The monoisotopic (exact) mass is 281 g/mol. The van der Waals surface area contributed by atoms with Crippen LogP contribution in [0, 0.1) is 5.92 Å². The minimum atomic E-state index is 0.0425. The van der Waals surface area contributed by atoms with Crippen LogP contribution in [0.1, 0.15) is 12.1 Å². The Morgan fingerprint density at radius 1 is 1.33 bits per heavy atom. The molecule has 1 amide bonds. The topological polar surface area (TPSA) is 59.2 Å². The Hall–Kier alpha value is -2.20. The van der Waals surface area contributed by atoms with Gasteiger partial charge in [-0.05, 0) is 37.1 Å². The van der Waals surface area contributed by atoms with Crippen LogP contribution >= 0.6 is 0 Å². The molecule has 108 valence electrons. The fourth-order valence-electron chi connectivity index (χ4n) is 2.66. The lowest BCUT2D eigenvalue weighted by atomic mass is 10.1. The summed E-state index contributed by atoms with van der Waals surface area (Å²) in [6, 6.07) is 11.9. The summed E-state index contributed by atoms with van der Waals surface area (Å²) in [5.41, 5.74) is 7.39.